The summed E-state index contributed by atoms with van der Waals surface area (Å²) in [5.74, 6) is -3.81. The average Bonchev–Trinajstić information content (AvgIpc) is 3.42. The molecule has 30 heavy (non-hydrogen) atoms. The lowest BCUT2D eigenvalue weighted by atomic mass is 10.0. The Morgan fingerprint density at radius 2 is 1.97 bits per heavy atom. The van der Waals surface area contributed by atoms with Crippen LogP contribution in [-0.2, 0) is 11.5 Å². The van der Waals surface area contributed by atoms with E-state index in [0.717, 1.165) is 18.9 Å². The second kappa shape index (κ2) is 6.82. The van der Waals surface area contributed by atoms with Gasteiger partial charge in [-0.15, -0.1) is 0 Å². The van der Waals surface area contributed by atoms with E-state index in [4.69, 9.17) is 0 Å². The number of nitrogens with one attached hydrogen (secondary N) is 1. The molecule has 0 spiro atoms. The van der Waals surface area contributed by atoms with Crippen LogP contribution in [0.25, 0.3) is 10.9 Å². The summed E-state index contributed by atoms with van der Waals surface area (Å²) in [5, 5.41) is 3.75. The Bertz CT molecular complexity index is 1200. The molecule has 0 amide bonds. The summed E-state index contributed by atoms with van der Waals surface area (Å²) in [4.78, 5) is 21.3. The van der Waals surface area contributed by atoms with Gasteiger partial charge in [-0.1, -0.05) is 18.2 Å². The van der Waals surface area contributed by atoms with Crippen molar-refractivity contribution < 1.29 is 13.2 Å². The van der Waals surface area contributed by atoms with E-state index >= 15 is 0 Å². The van der Waals surface area contributed by atoms with Gasteiger partial charge in [0.1, 0.15) is 18.0 Å². The van der Waals surface area contributed by atoms with E-state index in [1.54, 1.807) is 24.6 Å². The predicted octanol–water partition coefficient (Wildman–Crippen LogP) is 5.03. The number of alkyl halides is 2. The topological polar surface area (TPSA) is 59.8 Å². The van der Waals surface area contributed by atoms with Gasteiger partial charge in [0.25, 0.3) is 11.5 Å². The van der Waals surface area contributed by atoms with Crippen LogP contribution < -0.4 is 10.9 Å². The Morgan fingerprint density at radius 1 is 1.27 bits per heavy atom. The van der Waals surface area contributed by atoms with E-state index in [0.29, 0.717) is 29.2 Å². The highest BCUT2D eigenvalue weighted by Gasteiger charge is 2.40. The first-order valence-corrected chi connectivity index (χ1v) is 9.83. The lowest BCUT2D eigenvalue weighted by Crippen LogP contribution is -2.29. The Labute approximate surface area is 172 Å². The third-order valence-corrected chi connectivity index (χ3v) is 5.91. The second-order valence-electron chi connectivity index (χ2n) is 8.37. The molecule has 0 aliphatic heterocycles. The molecule has 4 rings (SSSR count). The SMILES string of the molecule is Cc1c(=O)n(C2(C)CC2)cc2c(N[C@H](C)c3cccc(C(C)(F)F)c3F)ncnc12. The third-order valence-electron chi connectivity index (χ3n) is 5.91. The molecule has 5 nitrogen and oxygen atoms in total. The molecule has 0 saturated heterocycles. The Kier molecular flexibility index (Phi) is 4.63. The average molecular weight is 416 g/mol. The number of rotatable bonds is 5. The molecular formula is C22H23F3N4O. The van der Waals surface area contributed by atoms with E-state index < -0.39 is 23.3 Å². The zero-order chi connectivity index (χ0) is 21.8. The summed E-state index contributed by atoms with van der Waals surface area (Å²) < 4.78 is 43.9. The van der Waals surface area contributed by atoms with Crippen LogP contribution in [0, 0.1) is 12.7 Å². The van der Waals surface area contributed by atoms with Gasteiger partial charge in [-0.3, -0.25) is 4.79 Å². The molecule has 8 heteroatoms. The minimum Gasteiger partial charge on any atom is -0.363 e. The molecule has 1 aliphatic carbocycles. The molecule has 2 aromatic heterocycles. The number of anilines is 1. The molecule has 0 bridgehead atoms. The highest BCUT2D eigenvalue weighted by molar-refractivity contribution is 5.90. The Balaban J connectivity index is 1.78. The quantitative estimate of drug-likeness (QED) is 0.634. The number of aromatic nitrogens is 3. The van der Waals surface area contributed by atoms with Crippen LogP contribution in [0.2, 0.25) is 0 Å². The van der Waals surface area contributed by atoms with Crippen LogP contribution in [0.4, 0.5) is 19.0 Å². The molecular weight excluding hydrogens is 393 g/mol. The standard InChI is InChI=1S/C22H23F3N4O/c1-12-18-15(10-29(20(12)30)21(3)8-9-21)19(27-11-26-18)28-13(2)14-6-5-7-16(17(14)23)22(4,24)25/h5-7,10-11,13H,8-9H2,1-4H3,(H,26,27,28)/t13-/m1/s1. The molecule has 1 saturated carbocycles. The fourth-order valence-corrected chi connectivity index (χ4v) is 3.73. The van der Waals surface area contributed by atoms with Crippen molar-refractivity contribution in [2.75, 3.05) is 5.32 Å². The summed E-state index contributed by atoms with van der Waals surface area (Å²) in [6.45, 7) is 6.09. The van der Waals surface area contributed by atoms with E-state index in [-0.39, 0.29) is 16.7 Å². The van der Waals surface area contributed by atoms with Crippen LogP contribution >= 0.6 is 0 Å². The second-order valence-corrected chi connectivity index (χ2v) is 8.37. The summed E-state index contributed by atoms with van der Waals surface area (Å²) in [7, 11) is 0. The number of hydrogen-bond acceptors (Lipinski definition) is 4. The van der Waals surface area contributed by atoms with Crippen molar-refractivity contribution in [3.05, 3.63) is 63.6 Å². The predicted molar refractivity (Wildman–Crippen MR) is 109 cm³/mol. The summed E-state index contributed by atoms with van der Waals surface area (Å²) in [6, 6.07) is 3.33. The minimum absolute atomic E-state index is 0.0934. The molecule has 1 fully saturated rings. The first-order valence-electron chi connectivity index (χ1n) is 9.83. The molecule has 1 N–H and O–H groups in total. The van der Waals surface area contributed by atoms with Crippen molar-refractivity contribution in [1.29, 1.82) is 0 Å². The van der Waals surface area contributed by atoms with Gasteiger partial charge in [0.15, 0.2) is 0 Å². The molecule has 1 aromatic carbocycles. The number of aryl methyl sites for hydroxylation is 1. The Hall–Kier alpha value is -2.90. The highest BCUT2D eigenvalue weighted by atomic mass is 19.3. The number of halogens is 3. The highest BCUT2D eigenvalue weighted by Crippen LogP contribution is 2.42. The lowest BCUT2D eigenvalue weighted by molar-refractivity contribution is 0.0136. The van der Waals surface area contributed by atoms with Crippen LogP contribution in [-0.4, -0.2) is 14.5 Å². The first-order chi connectivity index (χ1) is 14.0. The number of hydrogen-bond donors (Lipinski definition) is 1. The van der Waals surface area contributed by atoms with E-state index in [1.807, 2.05) is 6.92 Å². The van der Waals surface area contributed by atoms with E-state index in [2.05, 4.69) is 15.3 Å². The molecule has 1 atom stereocenters. The van der Waals surface area contributed by atoms with Crippen molar-refractivity contribution in [2.45, 2.75) is 58.0 Å². The van der Waals surface area contributed by atoms with Crippen molar-refractivity contribution >= 4 is 16.7 Å². The maximum absolute atomic E-state index is 14.8. The molecule has 1 aliphatic rings. The van der Waals surface area contributed by atoms with Crippen molar-refractivity contribution in [3.8, 4) is 0 Å². The van der Waals surface area contributed by atoms with Gasteiger partial charge in [-0.25, -0.2) is 23.1 Å². The molecule has 0 unspecified atom stereocenters. The van der Waals surface area contributed by atoms with Crippen LogP contribution in [0.1, 0.15) is 56.3 Å². The molecule has 0 radical (unpaired) electrons. The molecule has 2 heterocycles. The number of nitrogens with zero attached hydrogens (tertiary/aromatic N) is 3. The third kappa shape index (κ3) is 3.34. The Morgan fingerprint density at radius 3 is 2.60 bits per heavy atom. The number of pyridine rings is 1. The van der Waals surface area contributed by atoms with Gasteiger partial charge in [-0.2, -0.15) is 0 Å². The molecule has 158 valence electrons. The van der Waals surface area contributed by atoms with Gasteiger partial charge in [0.05, 0.1) is 22.5 Å². The smallest absolute Gasteiger partial charge is 0.273 e. The van der Waals surface area contributed by atoms with Crippen molar-refractivity contribution in [2.24, 2.45) is 0 Å². The largest absolute Gasteiger partial charge is 0.363 e. The van der Waals surface area contributed by atoms with Crippen LogP contribution in [0.5, 0.6) is 0 Å². The van der Waals surface area contributed by atoms with E-state index in [1.165, 1.54) is 18.5 Å². The van der Waals surface area contributed by atoms with Gasteiger partial charge in [-0.05, 0) is 33.6 Å². The zero-order valence-electron chi connectivity index (χ0n) is 17.3. The molecule has 3 aromatic rings. The maximum atomic E-state index is 14.8. The van der Waals surface area contributed by atoms with Gasteiger partial charge < -0.3 is 9.88 Å². The fourth-order valence-electron chi connectivity index (χ4n) is 3.73. The van der Waals surface area contributed by atoms with Crippen molar-refractivity contribution in [1.82, 2.24) is 14.5 Å². The number of fused-ring (bicyclic) bond motifs is 1. The minimum atomic E-state index is -3.28. The fraction of sp³-hybridized carbons (Fsp3) is 0.409. The summed E-state index contributed by atoms with van der Waals surface area (Å²) in [5.41, 5.74) is 0.177. The van der Waals surface area contributed by atoms with Gasteiger partial charge >= 0.3 is 0 Å². The zero-order valence-corrected chi connectivity index (χ0v) is 17.3. The van der Waals surface area contributed by atoms with E-state index in [9.17, 15) is 18.0 Å². The summed E-state index contributed by atoms with van der Waals surface area (Å²) in [6.07, 6.45) is 4.89. The monoisotopic (exact) mass is 416 g/mol. The van der Waals surface area contributed by atoms with Crippen molar-refractivity contribution in [3.63, 3.8) is 0 Å². The van der Waals surface area contributed by atoms with Gasteiger partial charge in [0.2, 0.25) is 0 Å². The first kappa shape index (κ1) is 20.4. The van der Waals surface area contributed by atoms with Crippen LogP contribution in [0.15, 0.2) is 35.5 Å². The summed E-state index contributed by atoms with van der Waals surface area (Å²) >= 11 is 0. The lowest BCUT2D eigenvalue weighted by Gasteiger charge is -2.21. The van der Waals surface area contributed by atoms with Crippen LogP contribution in [0.3, 0.4) is 0 Å². The maximum Gasteiger partial charge on any atom is 0.273 e. The van der Waals surface area contributed by atoms with Gasteiger partial charge in [0, 0.05) is 29.8 Å². The number of benzene rings is 1. The normalized spacial score (nSPS) is 16.5.